The van der Waals surface area contributed by atoms with Crippen molar-refractivity contribution in [2.75, 3.05) is 27.1 Å². The minimum Gasteiger partial charge on any atom is -0.359 e. The van der Waals surface area contributed by atoms with Crippen LogP contribution in [0.1, 0.15) is 6.42 Å². The van der Waals surface area contributed by atoms with E-state index in [4.69, 9.17) is 9.47 Å². The first-order chi connectivity index (χ1) is 4.43. The molecule has 0 amide bonds. The summed E-state index contributed by atoms with van der Waals surface area (Å²) < 4.78 is 9.77. The number of methoxy groups -OCH3 is 1. The molecule has 1 N–H and O–H groups in total. The second-order valence-corrected chi connectivity index (χ2v) is 2.21. The van der Waals surface area contributed by atoms with Crippen molar-refractivity contribution >= 4 is 0 Å². The van der Waals surface area contributed by atoms with Gasteiger partial charge in [-0.1, -0.05) is 0 Å². The van der Waals surface area contributed by atoms with Crippen LogP contribution in [0.25, 0.3) is 0 Å². The maximum Gasteiger partial charge on any atom is 0.146 e. The summed E-state index contributed by atoms with van der Waals surface area (Å²) in [6, 6.07) is 0.724. The van der Waals surface area contributed by atoms with E-state index in [0.29, 0.717) is 6.79 Å². The summed E-state index contributed by atoms with van der Waals surface area (Å²) in [5.41, 5.74) is 0. The van der Waals surface area contributed by atoms with Crippen molar-refractivity contribution in [3.8, 4) is 0 Å². The van der Waals surface area contributed by atoms with Crippen LogP contribution in [0.3, 0.4) is 0 Å². The Labute approximate surface area is 55.3 Å². The first-order valence-corrected chi connectivity index (χ1v) is 3.23. The maximum atomic E-state index is 5.07. The topological polar surface area (TPSA) is 40.4 Å². The van der Waals surface area contributed by atoms with Crippen LogP contribution in [0.15, 0.2) is 0 Å². The van der Waals surface area contributed by atoms with Gasteiger partial charge in [0.15, 0.2) is 0 Å². The van der Waals surface area contributed by atoms with Gasteiger partial charge in [0.2, 0.25) is 0 Å². The normalized spacial score (nSPS) is 24.3. The third-order valence-corrected chi connectivity index (χ3v) is 1.30. The van der Waals surface area contributed by atoms with E-state index < -0.39 is 0 Å². The molecule has 0 aromatic rings. The summed E-state index contributed by atoms with van der Waals surface area (Å²) in [7, 11) is 1.63. The van der Waals surface area contributed by atoms with Gasteiger partial charge in [-0.15, -0.1) is 0 Å². The molecule has 0 aliphatic carbocycles. The molecule has 0 spiro atoms. The van der Waals surface area contributed by atoms with Gasteiger partial charge in [-0.05, 0) is 6.42 Å². The summed E-state index contributed by atoms with van der Waals surface area (Å²) >= 11 is 0. The summed E-state index contributed by atoms with van der Waals surface area (Å²) in [5.74, 6) is 0. The monoisotopic (exact) mass is 131 g/mol. The number of rotatable bonds is 5. The van der Waals surface area contributed by atoms with E-state index in [1.54, 1.807) is 7.11 Å². The summed E-state index contributed by atoms with van der Waals surface area (Å²) in [5, 5.41) is 3.19. The fourth-order valence-corrected chi connectivity index (χ4v) is 0.655. The Morgan fingerprint density at radius 1 is 1.67 bits per heavy atom. The summed E-state index contributed by atoms with van der Waals surface area (Å²) in [4.78, 5) is 0. The maximum absolute atomic E-state index is 5.07. The smallest absolute Gasteiger partial charge is 0.146 e. The quantitative estimate of drug-likeness (QED) is 0.323. The Morgan fingerprint density at radius 2 is 2.44 bits per heavy atom. The van der Waals surface area contributed by atoms with Gasteiger partial charge in [-0.3, -0.25) is 0 Å². The number of nitrogens with one attached hydrogen (secondary N) is 1. The van der Waals surface area contributed by atoms with Crippen molar-refractivity contribution in [1.82, 2.24) is 5.32 Å². The molecule has 1 saturated heterocycles. The largest absolute Gasteiger partial charge is 0.359 e. The Morgan fingerprint density at radius 3 is 3.00 bits per heavy atom. The molecule has 0 unspecified atom stereocenters. The van der Waals surface area contributed by atoms with Crippen LogP contribution in [0.5, 0.6) is 0 Å². The molecule has 1 heterocycles. The lowest BCUT2D eigenvalue weighted by Crippen LogP contribution is -2.02. The Kier molecular flexibility index (Phi) is 2.97. The summed E-state index contributed by atoms with van der Waals surface area (Å²) in [6.07, 6.45) is 1.11. The highest BCUT2D eigenvalue weighted by Crippen LogP contribution is 2.01. The molecular formula is C6H13NO2. The van der Waals surface area contributed by atoms with E-state index >= 15 is 0 Å². The van der Waals surface area contributed by atoms with Crippen molar-refractivity contribution in [2.45, 2.75) is 12.5 Å². The second-order valence-electron chi connectivity index (χ2n) is 2.21. The highest BCUT2D eigenvalue weighted by atomic mass is 16.7. The SMILES string of the molecule is COCOCC[C@H]1CN1. The molecule has 3 nitrogen and oxygen atoms in total. The van der Waals surface area contributed by atoms with Gasteiger partial charge in [-0.2, -0.15) is 0 Å². The van der Waals surface area contributed by atoms with E-state index in [9.17, 15) is 0 Å². The van der Waals surface area contributed by atoms with Crippen LogP contribution < -0.4 is 5.32 Å². The number of hydrogen-bond donors (Lipinski definition) is 1. The number of ether oxygens (including phenoxy) is 2. The summed E-state index contributed by atoms with van der Waals surface area (Å²) in [6.45, 7) is 2.40. The Bertz CT molecular complexity index is 73.5. The predicted molar refractivity (Wildman–Crippen MR) is 34.2 cm³/mol. The first kappa shape index (κ1) is 6.99. The highest BCUT2D eigenvalue weighted by molar-refractivity contribution is 4.82. The van der Waals surface area contributed by atoms with Gasteiger partial charge >= 0.3 is 0 Å². The molecule has 9 heavy (non-hydrogen) atoms. The third-order valence-electron chi connectivity index (χ3n) is 1.30. The average Bonchev–Trinajstić information content (AvgIpc) is 2.63. The molecule has 0 bridgehead atoms. The zero-order valence-corrected chi connectivity index (χ0v) is 5.72. The molecular weight excluding hydrogens is 118 g/mol. The molecule has 1 aliphatic rings. The van der Waals surface area contributed by atoms with Crippen molar-refractivity contribution in [3.63, 3.8) is 0 Å². The van der Waals surface area contributed by atoms with Gasteiger partial charge < -0.3 is 14.8 Å². The van der Waals surface area contributed by atoms with E-state index in [-0.39, 0.29) is 0 Å². The molecule has 0 saturated carbocycles. The molecule has 0 radical (unpaired) electrons. The van der Waals surface area contributed by atoms with Crippen LogP contribution in [-0.2, 0) is 9.47 Å². The molecule has 3 heteroatoms. The zero-order valence-electron chi connectivity index (χ0n) is 5.72. The number of hydrogen-bond acceptors (Lipinski definition) is 3. The predicted octanol–water partition coefficient (Wildman–Crippen LogP) is -0.0312. The average molecular weight is 131 g/mol. The molecule has 54 valence electrons. The Balaban J connectivity index is 1.71. The fraction of sp³-hybridized carbons (Fsp3) is 1.00. The van der Waals surface area contributed by atoms with Gasteiger partial charge in [0.1, 0.15) is 6.79 Å². The zero-order chi connectivity index (χ0) is 6.53. The molecule has 1 aliphatic heterocycles. The van der Waals surface area contributed by atoms with Crippen molar-refractivity contribution in [2.24, 2.45) is 0 Å². The highest BCUT2D eigenvalue weighted by Gasteiger charge is 2.18. The van der Waals surface area contributed by atoms with E-state index in [2.05, 4.69) is 5.32 Å². The lowest BCUT2D eigenvalue weighted by molar-refractivity contribution is -0.0310. The lowest BCUT2D eigenvalue weighted by Gasteiger charge is -1.99. The van der Waals surface area contributed by atoms with Gasteiger partial charge in [0.25, 0.3) is 0 Å². The van der Waals surface area contributed by atoms with E-state index in [1.165, 1.54) is 0 Å². The first-order valence-electron chi connectivity index (χ1n) is 3.23. The Hall–Kier alpha value is -0.120. The van der Waals surface area contributed by atoms with Gasteiger partial charge in [-0.25, -0.2) is 0 Å². The lowest BCUT2D eigenvalue weighted by atomic mass is 10.3. The van der Waals surface area contributed by atoms with Crippen molar-refractivity contribution in [3.05, 3.63) is 0 Å². The molecule has 0 aromatic heterocycles. The fourth-order valence-electron chi connectivity index (χ4n) is 0.655. The van der Waals surface area contributed by atoms with Crippen LogP contribution in [-0.4, -0.2) is 33.1 Å². The minimum atomic E-state index is 0.423. The standard InChI is InChI=1S/C6H13NO2/c1-8-5-9-3-2-6-4-7-6/h6-7H,2-5H2,1H3/t6-/m0/s1. The van der Waals surface area contributed by atoms with Gasteiger partial charge in [0.05, 0.1) is 6.61 Å². The second kappa shape index (κ2) is 3.82. The van der Waals surface area contributed by atoms with Crippen LogP contribution in [0.4, 0.5) is 0 Å². The van der Waals surface area contributed by atoms with Crippen LogP contribution in [0.2, 0.25) is 0 Å². The van der Waals surface area contributed by atoms with E-state index in [0.717, 1.165) is 25.6 Å². The van der Waals surface area contributed by atoms with Crippen LogP contribution >= 0.6 is 0 Å². The van der Waals surface area contributed by atoms with Crippen molar-refractivity contribution in [1.29, 1.82) is 0 Å². The van der Waals surface area contributed by atoms with Crippen molar-refractivity contribution < 1.29 is 9.47 Å². The third kappa shape index (κ3) is 3.46. The molecule has 1 fully saturated rings. The molecule has 1 rings (SSSR count). The molecule has 1 atom stereocenters. The van der Waals surface area contributed by atoms with Crippen LogP contribution in [0, 0.1) is 0 Å². The minimum absolute atomic E-state index is 0.423. The van der Waals surface area contributed by atoms with E-state index in [1.807, 2.05) is 0 Å². The molecule has 0 aromatic carbocycles. The van der Waals surface area contributed by atoms with Gasteiger partial charge in [0, 0.05) is 19.7 Å².